The molecule has 0 aromatic heterocycles. The second kappa shape index (κ2) is 6.02. The van der Waals surface area contributed by atoms with E-state index in [1.54, 1.807) is 0 Å². The molecule has 0 bridgehead atoms. The summed E-state index contributed by atoms with van der Waals surface area (Å²) in [6.45, 7) is 0.784. The lowest BCUT2D eigenvalue weighted by Gasteiger charge is -2.22. The van der Waals surface area contributed by atoms with Crippen LogP contribution in [0.25, 0.3) is 0 Å². The van der Waals surface area contributed by atoms with E-state index in [0.717, 1.165) is 38.3 Å². The van der Waals surface area contributed by atoms with Gasteiger partial charge in [-0.1, -0.05) is 31.9 Å². The summed E-state index contributed by atoms with van der Waals surface area (Å²) >= 11 is 9.05. The number of nitrogens with zero attached hydrogens (tertiary/aromatic N) is 1. The zero-order valence-electron chi connectivity index (χ0n) is 9.13. The molecule has 0 radical (unpaired) electrons. The van der Waals surface area contributed by atoms with Crippen LogP contribution in [0.4, 0.5) is 0 Å². The third-order valence-electron chi connectivity index (χ3n) is 2.73. The number of hydrogen-bond acceptors (Lipinski definition) is 1. The Morgan fingerprint density at radius 1 is 1.47 bits per heavy atom. The Morgan fingerprint density at radius 3 is 2.76 bits per heavy atom. The van der Waals surface area contributed by atoms with Gasteiger partial charge in [0, 0.05) is 26.0 Å². The molecule has 1 amide bonds. The summed E-state index contributed by atoms with van der Waals surface area (Å²) in [5, 5.41) is 0.833. The first-order chi connectivity index (χ1) is 8.13. The Labute approximate surface area is 132 Å². The van der Waals surface area contributed by atoms with Crippen molar-refractivity contribution in [2.24, 2.45) is 0 Å². The lowest BCUT2D eigenvalue weighted by atomic mass is 10.2. The van der Waals surface area contributed by atoms with Gasteiger partial charge in [-0.2, -0.15) is 0 Å². The highest BCUT2D eigenvalue weighted by atomic mass is 127. The van der Waals surface area contributed by atoms with Gasteiger partial charge in [0.25, 0.3) is 5.91 Å². The molecule has 1 saturated carbocycles. The number of hydrogen-bond donors (Lipinski definition) is 0. The molecule has 1 aliphatic rings. The second-order valence-electron chi connectivity index (χ2n) is 4.04. The quantitative estimate of drug-likeness (QED) is 0.478. The Balaban J connectivity index is 2.24. The van der Waals surface area contributed by atoms with Crippen LogP contribution in [-0.4, -0.2) is 28.7 Å². The van der Waals surface area contributed by atoms with Gasteiger partial charge in [0.15, 0.2) is 0 Å². The van der Waals surface area contributed by atoms with E-state index in [2.05, 4.69) is 54.5 Å². The van der Waals surface area contributed by atoms with Crippen molar-refractivity contribution in [1.82, 2.24) is 4.90 Å². The third-order valence-corrected chi connectivity index (χ3v) is 4.52. The Morgan fingerprint density at radius 2 is 2.18 bits per heavy atom. The maximum atomic E-state index is 12.5. The van der Waals surface area contributed by atoms with E-state index in [9.17, 15) is 4.79 Å². The van der Waals surface area contributed by atoms with Gasteiger partial charge >= 0.3 is 0 Å². The minimum Gasteiger partial charge on any atom is -0.335 e. The summed E-state index contributed by atoms with van der Waals surface area (Å²) in [6.07, 6.45) is 2.28. The molecule has 0 atom stereocenters. The molecule has 1 aromatic carbocycles. The monoisotopic (exact) mass is 471 g/mol. The average molecular weight is 473 g/mol. The van der Waals surface area contributed by atoms with Crippen molar-refractivity contribution in [3.05, 3.63) is 31.8 Å². The number of alkyl halides is 1. The fraction of sp³-hybridized carbons (Fsp3) is 0.417. The minimum absolute atomic E-state index is 0.151. The maximum Gasteiger partial charge on any atom is 0.255 e. The smallest absolute Gasteiger partial charge is 0.255 e. The summed E-state index contributed by atoms with van der Waals surface area (Å²) in [6, 6.07) is 6.30. The van der Waals surface area contributed by atoms with Gasteiger partial charge in [-0.3, -0.25) is 4.79 Å². The Hall–Kier alpha value is 0.380. The highest BCUT2D eigenvalue weighted by Gasteiger charge is 2.33. The molecule has 0 spiro atoms. The number of amides is 1. The van der Waals surface area contributed by atoms with E-state index in [1.807, 2.05) is 23.1 Å². The van der Waals surface area contributed by atoms with Crippen LogP contribution in [-0.2, 0) is 0 Å². The number of carbonyl (C=O) groups excluding carboxylic acids is 1. The van der Waals surface area contributed by atoms with Gasteiger partial charge < -0.3 is 4.90 Å². The number of halogens is 3. The minimum atomic E-state index is 0.151. The van der Waals surface area contributed by atoms with E-state index in [-0.39, 0.29) is 5.91 Å². The van der Waals surface area contributed by atoms with Gasteiger partial charge in [-0.15, -0.1) is 0 Å². The fourth-order valence-corrected chi connectivity index (χ4v) is 3.05. The van der Waals surface area contributed by atoms with Gasteiger partial charge in [0.1, 0.15) is 0 Å². The van der Waals surface area contributed by atoms with Crippen molar-refractivity contribution in [2.45, 2.75) is 18.9 Å². The maximum absolute atomic E-state index is 12.5. The van der Waals surface area contributed by atoms with Gasteiger partial charge in [0.05, 0.1) is 5.56 Å². The fourth-order valence-electron chi connectivity index (χ4n) is 1.74. The van der Waals surface area contributed by atoms with Crippen LogP contribution in [0.3, 0.4) is 0 Å². The van der Waals surface area contributed by atoms with E-state index in [0.29, 0.717) is 6.04 Å². The van der Waals surface area contributed by atoms with E-state index in [1.165, 1.54) is 0 Å². The normalized spacial score (nSPS) is 14.8. The summed E-state index contributed by atoms with van der Waals surface area (Å²) in [5.74, 6) is 0.151. The highest BCUT2D eigenvalue weighted by molar-refractivity contribution is 14.1. The molecule has 0 aliphatic heterocycles. The highest BCUT2D eigenvalue weighted by Crippen LogP contribution is 2.29. The topological polar surface area (TPSA) is 20.3 Å². The standard InChI is InChI=1S/C12H12Br2INO/c13-5-6-16(9-2-3-9)12(17)10-7-8(14)1-4-11(10)15/h1,4,7,9H,2-3,5-6H2. The Kier molecular flexibility index (Phi) is 4.88. The predicted molar refractivity (Wildman–Crippen MR) is 84.7 cm³/mol. The van der Waals surface area contributed by atoms with Gasteiger partial charge in [-0.25, -0.2) is 0 Å². The van der Waals surface area contributed by atoms with Crippen LogP contribution in [0.1, 0.15) is 23.2 Å². The van der Waals surface area contributed by atoms with Crippen molar-refractivity contribution in [2.75, 3.05) is 11.9 Å². The second-order valence-corrected chi connectivity index (χ2v) is 6.91. The van der Waals surface area contributed by atoms with Crippen LogP contribution < -0.4 is 0 Å². The van der Waals surface area contributed by atoms with E-state index in [4.69, 9.17) is 0 Å². The number of benzene rings is 1. The van der Waals surface area contributed by atoms with Crippen molar-refractivity contribution in [1.29, 1.82) is 0 Å². The molecule has 0 saturated heterocycles. The largest absolute Gasteiger partial charge is 0.335 e. The first-order valence-corrected chi connectivity index (χ1v) is 8.45. The molecule has 0 unspecified atom stereocenters. The molecule has 1 fully saturated rings. The molecular weight excluding hydrogens is 461 g/mol. The zero-order valence-corrected chi connectivity index (χ0v) is 14.5. The van der Waals surface area contributed by atoms with Crippen molar-refractivity contribution >= 4 is 60.4 Å². The van der Waals surface area contributed by atoms with Gasteiger partial charge in [-0.05, 0) is 53.6 Å². The van der Waals surface area contributed by atoms with Crippen molar-refractivity contribution in [3.63, 3.8) is 0 Å². The lowest BCUT2D eigenvalue weighted by Crippen LogP contribution is -2.35. The van der Waals surface area contributed by atoms with Crippen LogP contribution >= 0.6 is 54.5 Å². The summed E-state index contributed by atoms with van der Waals surface area (Å²) < 4.78 is 1.96. The third kappa shape index (κ3) is 3.44. The molecule has 0 N–H and O–H groups in total. The number of carbonyl (C=O) groups is 1. The molecule has 1 aromatic rings. The summed E-state index contributed by atoms with van der Waals surface area (Å²) in [4.78, 5) is 14.5. The average Bonchev–Trinajstić information content (AvgIpc) is 3.12. The van der Waals surface area contributed by atoms with Crippen LogP contribution in [0.2, 0.25) is 0 Å². The van der Waals surface area contributed by atoms with E-state index >= 15 is 0 Å². The Bertz CT molecular complexity index is 435. The molecular formula is C12H12Br2INO. The summed E-state index contributed by atoms with van der Waals surface area (Å²) in [5.41, 5.74) is 0.799. The summed E-state index contributed by atoms with van der Waals surface area (Å²) in [7, 11) is 0. The first-order valence-electron chi connectivity index (χ1n) is 5.45. The van der Waals surface area contributed by atoms with E-state index < -0.39 is 0 Å². The SMILES string of the molecule is O=C(c1cc(Br)ccc1I)N(CCBr)C1CC1. The van der Waals surface area contributed by atoms with Crippen molar-refractivity contribution in [3.8, 4) is 0 Å². The molecule has 92 valence electrons. The lowest BCUT2D eigenvalue weighted by molar-refractivity contribution is 0.0753. The van der Waals surface area contributed by atoms with Crippen LogP contribution in [0, 0.1) is 3.57 Å². The van der Waals surface area contributed by atoms with Crippen LogP contribution in [0.5, 0.6) is 0 Å². The zero-order chi connectivity index (χ0) is 12.4. The predicted octanol–water partition coefficient (Wildman–Crippen LogP) is 4.05. The molecule has 17 heavy (non-hydrogen) atoms. The van der Waals surface area contributed by atoms with Crippen LogP contribution in [0.15, 0.2) is 22.7 Å². The van der Waals surface area contributed by atoms with Gasteiger partial charge in [0.2, 0.25) is 0 Å². The molecule has 5 heteroatoms. The molecule has 0 heterocycles. The number of rotatable bonds is 4. The molecule has 1 aliphatic carbocycles. The molecule has 2 rings (SSSR count). The van der Waals surface area contributed by atoms with Crippen molar-refractivity contribution < 1.29 is 4.79 Å². The molecule has 2 nitrogen and oxygen atoms in total. The first kappa shape index (κ1) is 13.8.